The molecule has 14 nitrogen and oxygen atoms in total. The number of amides is 2. The molecule has 0 saturated heterocycles. The van der Waals surface area contributed by atoms with Gasteiger partial charge in [0.15, 0.2) is 0 Å². The molecule has 0 aliphatic rings. The second kappa shape index (κ2) is 28.9. The Balaban J connectivity index is -0.000000686. The Hall–Kier alpha value is -2.65. The highest BCUT2D eigenvalue weighted by Crippen LogP contribution is 2.38. The van der Waals surface area contributed by atoms with Crippen molar-refractivity contribution in [1.82, 2.24) is 10.6 Å². The van der Waals surface area contributed by atoms with Gasteiger partial charge in [0.1, 0.15) is 12.9 Å². The molecular formula is C37H73N3O11. The minimum atomic E-state index is -0.901. The fourth-order valence-electron chi connectivity index (χ4n) is 4.49. The largest absolute Gasteiger partial charge is 0.481 e. The third-order valence-corrected chi connectivity index (χ3v) is 8.59. The van der Waals surface area contributed by atoms with Crippen LogP contribution in [0.5, 0.6) is 0 Å². The molecule has 0 aromatic rings. The standard InChI is InChI=1S/C16H35NO2.C11H19NO6.C10H19NO3/c1-8-14(2)15(3,4)13-16(5,6)19-12-11-18-10-9-17-7;13-5-7-18-9-8-17-6-4-12-10(14)2-1-3-11(15)16;1-9(2,7(11)12)5-6-10(3,4)8(13)14/h14,17H,8-13H2,1-7H3;5H,1-4,6-9H2,(H,12,14)(H,15,16);5-6H2,1-4H3,(H2,11,12)(H,13,14). The number of ether oxygens (including phenoxy) is 4. The van der Waals surface area contributed by atoms with Crippen molar-refractivity contribution in [3.05, 3.63) is 0 Å². The Bertz CT molecular complexity index is 943. The molecule has 0 saturated carbocycles. The van der Waals surface area contributed by atoms with Gasteiger partial charge in [-0.15, -0.1) is 0 Å². The molecule has 1 atom stereocenters. The number of hydrogen-bond donors (Lipinski definition) is 5. The topological polar surface area (TPSA) is 213 Å². The molecule has 0 bridgehead atoms. The molecule has 0 heterocycles. The molecular weight excluding hydrogens is 662 g/mol. The summed E-state index contributed by atoms with van der Waals surface area (Å²) in [7, 11) is 1.93. The molecule has 14 heteroatoms. The lowest BCUT2D eigenvalue weighted by Crippen LogP contribution is -2.35. The highest BCUT2D eigenvalue weighted by atomic mass is 16.5. The summed E-state index contributed by atoms with van der Waals surface area (Å²) in [6.45, 7) is 24.9. The number of nitrogens with one attached hydrogen (secondary N) is 2. The summed E-state index contributed by atoms with van der Waals surface area (Å²) in [5.74, 6) is -1.61. The molecule has 0 spiro atoms. The van der Waals surface area contributed by atoms with E-state index in [9.17, 15) is 24.0 Å². The maximum atomic E-state index is 11.2. The van der Waals surface area contributed by atoms with Crippen molar-refractivity contribution in [2.24, 2.45) is 27.9 Å². The van der Waals surface area contributed by atoms with Crippen molar-refractivity contribution in [3.63, 3.8) is 0 Å². The van der Waals surface area contributed by atoms with Crippen LogP contribution in [0.15, 0.2) is 0 Å². The van der Waals surface area contributed by atoms with E-state index in [4.69, 9.17) is 34.9 Å². The van der Waals surface area contributed by atoms with Gasteiger partial charge in [0, 0.05) is 31.3 Å². The summed E-state index contributed by atoms with van der Waals surface area (Å²) in [6.07, 6.45) is 4.42. The first-order valence-electron chi connectivity index (χ1n) is 18.0. The molecule has 2 amide bonds. The smallest absolute Gasteiger partial charge is 0.309 e. The van der Waals surface area contributed by atoms with Gasteiger partial charge in [-0.3, -0.25) is 19.2 Å². The van der Waals surface area contributed by atoms with E-state index in [1.807, 2.05) is 7.05 Å². The monoisotopic (exact) mass is 736 g/mol. The number of carboxylic acids is 2. The number of aldehydes is 1. The van der Waals surface area contributed by atoms with Gasteiger partial charge in [0.25, 0.3) is 0 Å². The van der Waals surface area contributed by atoms with E-state index in [-0.39, 0.29) is 31.0 Å². The van der Waals surface area contributed by atoms with Crippen LogP contribution in [0, 0.1) is 22.2 Å². The lowest BCUT2D eigenvalue weighted by molar-refractivity contribution is -0.148. The van der Waals surface area contributed by atoms with Crippen LogP contribution in [0.3, 0.4) is 0 Å². The van der Waals surface area contributed by atoms with Gasteiger partial charge in [0.2, 0.25) is 11.8 Å². The number of likely N-dealkylation sites (N-methyl/N-ethyl adjacent to an activating group) is 1. The fraction of sp³-hybridized carbons (Fsp3) is 0.865. The number of carboxylic acid groups (broad SMARTS) is 2. The van der Waals surface area contributed by atoms with Gasteiger partial charge in [-0.25, -0.2) is 0 Å². The third-order valence-electron chi connectivity index (χ3n) is 8.59. The summed E-state index contributed by atoms with van der Waals surface area (Å²) in [6, 6.07) is 0. The van der Waals surface area contributed by atoms with Crippen LogP contribution in [0.25, 0.3) is 0 Å². The molecule has 51 heavy (non-hydrogen) atoms. The van der Waals surface area contributed by atoms with Crippen LogP contribution in [0.4, 0.5) is 0 Å². The van der Waals surface area contributed by atoms with E-state index in [1.165, 1.54) is 6.42 Å². The van der Waals surface area contributed by atoms with Crippen LogP contribution in [0.1, 0.15) is 114 Å². The summed E-state index contributed by atoms with van der Waals surface area (Å²) >= 11 is 0. The van der Waals surface area contributed by atoms with E-state index in [2.05, 4.69) is 52.2 Å². The van der Waals surface area contributed by atoms with Crippen LogP contribution < -0.4 is 16.4 Å². The van der Waals surface area contributed by atoms with Crippen LogP contribution in [-0.2, 0) is 42.9 Å². The number of carbonyl (C=O) groups excluding carboxylic acids is 3. The lowest BCUT2D eigenvalue weighted by Gasteiger charge is -2.38. The van der Waals surface area contributed by atoms with Gasteiger partial charge >= 0.3 is 11.9 Å². The number of aliphatic carboxylic acids is 2. The number of hydrogen-bond acceptors (Lipinski definition) is 10. The summed E-state index contributed by atoms with van der Waals surface area (Å²) in [4.78, 5) is 53.0. The van der Waals surface area contributed by atoms with Gasteiger partial charge in [-0.2, -0.15) is 0 Å². The van der Waals surface area contributed by atoms with Crippen molar-refractivity contribution < 1.29 is 53.1 Å². The molecule has 1 unspecified atom stereocenters. The van der Waals surface area contributed by atoms with E-state index in [0.29, 0.717) is 76.5 Å². The molecule has 6 N–H and O–H groups in total. The molecule has 0 aromatic heterocycles. The molecule has 0 aliphatic heterocycles. The molecule has 0 aromatic carbocycles. The second-order valence-corrected chi connectivity index (χ2v) is 15.2. The number of carbonyl (C=O) groups is 5. The zero-order valence-corrected chi connectivity index (χ0v) is 33.6. The number of primary amides is 1. The van der Waals surface area contributed by atoms with Crippen LogP contribution in [-0.4, -0.2) is 112 Å². The maximum Gasteiger partial charge on any atom is 0.309 e. The summed E-state index contributed by atoms with van der Waals surface area (Å²) in [5, 5.41) is 22.9. The average molecular weight is 736 g/mol. The van der Waals surface area contributed by atoms with E-state index >= 15 is 0 Å². The van der Waals surface area contributed by atoms with E-state index < -0.39 is 28.7 Å². The van der Waals surface area contributed by atoms with Crippen molar-refractivity contribution in [2.45, 2.75) is 120 Å². The predicted molar refractivity (Wildman–Crippen MR) is 198 cm³/mol. The van der Waals surface area contributed by atoms with Crippen LogP contribution >= 0.6 is 0 Å². The summed E-state index contributed by atoms with van der Waals surface area (Å²) in [5.41, 5.74) is 3.98. The molecule has 0 aliphatic carbocycles. The Morgan fingerprint density at radius 2 is 1.31 bits per heavy atom. The molecule has 0 rings (SSSR count). The Morgan fingerprint density at radius 1 is 0.784 bits per heavy atom. The normalized spacial score (nSPS) is 12.5. The predicted octanol–water partition coefficient (Wildman–Crippen LogP) is 4.46. The first-order chi connectivity index (χ1) is 23.5. The molecule has 0 fully saturated rings. The Labute approximate surface area is 307 Å². The minimum absolute atomic E-state index is 0.00199. The van der Waals surface area contributed by atoms with Gasteiger partial charge < -0.3 is 50.3 Å². The van der Waals surface area contributed by atoms with Crippen molar-refractivity contribution in [1.29, 1.82) is 0 Å². The molecule has 302 valence electrons. The van der Waals surface area contributed by atoms with Crippen molar-refractivity contribution in [3.8, 4) is 0 Å². The summed E-state index contributed by atoms with van der Waals surface area (Å²) < 4.78 is 21.4. The Morgan fingerprint density at radius 3 is 1.80 bits per heavy atom. The minimum Gasteiger partial charge on any atom is -0.481 e. The lowest BCUT2D eigenvalue weighted by atomic mass is 9.72. The van der Waals surface area contributed by atoms with Gasteiger partial charge in [-0.1, -0.05) is 48.0 Å². The van der Waals surface area contributed by atoms with E-state index in [1.54, 1.807) is 27.7 Å². The van der Waals surface area contributed by atoms with Gasteiger partial charge in [0.05, 0.1) is 50.7 Å². The second-order valence-electron chi connectivity index (χ2n) is 15.2. The van der Waals surface area contributed by atoms with E-state index in [0.717, 1.165) is 19.6 Å². The first-order valence-corrected chi connectivity index (χ1v) is 18.0. The average Bonchev–Trinajstić information content (AvgIpc) is 3.02. The van der Waals surface area contributed by atoms with Crippen molar-refractivity contribution >= 4 is 30.0 Å². The zero-order chi connectivity index (χ0) is 40.2. The highest BCUT2D eigenvalue weighted by molar-refractivity contribution is 5.80. The fourth-order valence-corrected chi connectivity index (χ4v) is 4.49. The van der Waals surface area contributed by atoms with Gasteiger partial charge in [-0.05, 0) is 71.8 Å². The maximum absolute atomic E-state index is 11.2. The van der Waals surface area contributed by atoms with Crippen LogP contribution in [0.2, 0.25) is 0 Å². The number of nitrogens with two attached hydrogens (primary N) is 1. The van der Waals surface area contributed by atoms with Crippen molar-refractivity contribution in [2.75, 3.05) is 66.4 Å². The molecule has 0 radical (unpaired) electrons. The number of rotatable bonds is 28. The first kappa shape index (κ1) is 52.7. The third kappa shape index (κ3) is 31.8. The zero-order valence-electron chi connectivity index (χ0n) is 33.6. The highest BCUT2D eigenvalue weighted by Gasteiger charge is 2.33. The SMILES string of the molecule is CC(C)(CCC(C)(C)C(=O)O)C(N)=O.CCC(C)C(C)(C)CC(C)(C)OCCOCCNC.O=CCOCCOCCNC(=O)CCCC(=O)O. The Kier molecular flexibility index (Phi) is 29.8. The quantitative estimate of drug-likeness (QED) is 0.0557.